The van der Waals surface area contributed by atoms with Crippen molar-refractivity contribution in [2.75, 3.05) is 13.1 Å². The Morgan fingerprint density at radius 1 is 0.656 bits per heavy atom. The third kappa shape index (κ3) is 9.41. The van der Waals surface area contributed by atoms with Gasteiger partial charge in [0.05, 0.1) is 0 Å². The lowest BCUT2D eigenvalue weighted by molar-refractivity contribution is -0.128. The van der Waals surface area contributed by atoms with E-state index >= 15 is 0 Å². The zero-order chi connectivity index (χ0) is 23.0. The van der Waals surface area contributed by atoms with Crippen molar-refractivity contribution in [2.24, 2.45) is 0 Å². The smallest absolute Gasteiger partial charge is 0.261 e. The minimum atomic E-state index is -0.475. The molecule has 0 spiro atoms. The molecule has 0 aliphatic rings. The average Bonchev–Trinajstić information content (AvgIpc) is 2.83. The number of nitrogens with one attached hydrogen (secondary N) is 2. The Kier molecular flexibility index (Phi) is 11.7. The van der Waals surface area contributed by atoms with E-state index in [-0.39, 0.29) is 11.8 Å². The summed E-state index contributed by atoms with van der Waals surface area (Å²) in [6.45, 7) is 5.14. The molecule has 2 atom stereocenters. The summed E-state index contributed by atoms with van der Waals surface area (Å²) in [5.74, 6) is 1.26. The second-order valence-corrected chi connectivity index (χ2v) is 7.65. The van der Waals surface area contributed by atoms with Gasteiger partial charge >= 0.3 is 0 Å². The highest BCUT2D eigenvalue weighted by Crippen LogP contribution is 2.13. The summed E-state index contributed by atoms with van der Waals surface area (Å²) in [4.78, 5) is 24.6. The number of hydrogen-bond donors (Lipinski definition) is 2. The first-order chi connectivity index (χ1) is 15.6. The van der Waals surface area contributed by atoms with E-state index in [1.54, 1.807) is 0 Å². The molecule has 0 fully saturated rings. The number of carbonyl (C=O) groups is 2. The lowest BCUT2D eigenvalue weighted by atomic mass is 10.2. The van der Waals surface area contributed by atoms with Gasteiger partial charge in [-0.05, 0) is 49.9 Å². The Morgan fingerprint density at radius 3 is 1.38 bits per heavy atom. The van der Waals surface area contributed by atoms with Crippen molar-refractivity contribution in [3.63, 3.8) is 0 Å². The molecule has 0 saturated carbocycles. The third-order valence-electron chi connectivity index (χ3n) is 5.07. The molecule has 32 heavy (non-hydrogen) atoms. The van der Waals surface area contributed by atoms with E-state index in [1.807, 2.05) is 74.5 Å². The molecule has 6 heteroatoms. The molecular weight excluding hydrogens is 404 g/mol. The van der Waals surface area contributed by atoms with Crippen molar-refractivity contribution >= 4 is 11.8 Å². The molecule has 0 saturated heterocycles. The van der Waals surface area contributed by atoms with Crippen LogP contribution in [0.2, 0.25) is 0 Å². The molecule has 2 aromatic carbocycles. The van der Waals surface area contributed by atoms with Crippen LogP contribution in [-0.4, -0.2) is 37.1 Å². The van der Waals surface area contributed by atoms with E-state index in [4.69, 9.17) is 9.47 Å². The third-order valence-corrected chi connectivity index (χ3v) is 5.07. The lowest BCUT2D eigenvalue weighted by Gasteiger charge is -2.17. The average molecular weight is 441 g/mol. The van der Waals surface area contributed by atoms with Gasteiger partial charge in [-0.2, -0.15) is 0 Å². The highest BCUT2D eigenvalue weighted by atomic mass is 16.5. The van der Waals surface area contributed by atoms with Crippen LogP contribution in [0.4, 0.5) is 0 Å². The highest BCUT2D eigenvalue weighted by molar-refractivity contribution is 5.81. The Bertz CT molecular complexity index is 715. The van der Waals surface area contributed by atoms with Gasteiger partial charge < -0.3 is 20.1 Å². The summed E-state index contributed by atoms with van der Waals surface area (Å²) in [6.07, 6.45) is 4.07. The van der Waals surface area contributed by atoms with Crippen molar-refractivity contribution in [1.29, 1.82) is 0 Å². The van der Waals surface area contributed by atoms with Crippen LogP contribution in [0.3, 0.4) is 0 Å². The molecule has 174 valence electrons. The molecule has 2 aromatic rings. The Labute approximate surface area is 191 Å². The van der Waals surface area contributed by atoms with Crippen molar-refractivity contribution in [1.82, 2.24) is 10.6 Å². The summed E-state index contributed by atoms with van der Waals surface area (Å²) in [5, 5.41) is 5.92. The van der Waals surface area contributed by atoms with E-state index in [0.717, 1.165) is 25.7 Å². The van der Waals surface area contributed by atoms with Crippen LogP contribution in [0.25, 0.3) is 0 Å². The molecule has 0 radical (unpaired) electrons. The van der Waals surface area contributed by atoms with Crippen molar-refractivity contribution in [3.05, 3.63) is 60.7 Å². The molecule has 0 unspecified atom stereocenters. The standard InChI is InChI=1S/C26H36N2O4/c1-3-23(31-21-15-9-7-10-16-21)25(29)27-19-13-5-6-14-20-28-26(30)24(4-2)32-22-17-11-8-12-18-22/h7-12,15-18,23-24H,3-6,13-14,19-20H2,1-2H3,(H,27,29)(H,28,30)/t23-,24+. The van der Waals surface area contributed by atoms with Gasteiger partial charge in [-0.1, -0.05) is 63.1 Å². The second kappa shape index (κ2) is 14.9. The SMILES string of the molecule is CC[C@H](Oc1ccccc1)C(=O)NCCCCCCNC(=O)[C@@H](CC)Oc1ccccc1. The maximum atomic E-state index is 12.3. The summed E-state index contributed by atoms with van der Waals surface area (Å²) in [7, 11) is 0. The fourth-order valence-electron chi connectivity index (χ4n) is 3.23. The zero-order valence-electron chi connectivity index (χ0n) is 19.2. The van der Waals surface area contributed by atoms with Crippen LogP contribution in [0.15, 0.2) is 60.7 Å². The minimum absolute atomic E-state index is 0.0763. The van der Waals surface area contributed by atoms with Crippen LogP contribution < -0.4 is 20.1 Å². The van der Waals surface area contributed by atoms with Gasteiger partial charge in [0.15, 0.2) is 12.2 Å². The van der Waals surface area contributed by atoms with E-state index in [9.17, 15) is 9.59 Å². The minimum Gasteiger partial charge on any atom is -0.481 e. The number of benzene rings is 2. The van der Waals surface area contributed by atoms with Gasteiger partial charge in [-0.15, -0.1) is 0 Å². The van der Waals surface area contributed by atoms with E-state index in [2.05, 4.69) is 10.6 Å². The van der Waals surface area contributed by atoms with Crippen LogP contribution in [0.1, 0.15) is 52.4 Å². The summed E-state index contributed by atoms with van der Waals surface area (Å²) < 4.78 is 11.5. The van der Waals surface area contributed by atoms with Crippen LogP contribution in [0.5, 0.6) is 11.5 Å². The lowest BCUT2D eigenvalue weighted by Crippen LogP contribution is -2.38. The maximum absolute atomic E-state index is 12.3. The van der Waals surface area contributed by atoms with Crippen LogP contribution >= 0.6 is 0 Å². The van der Waals surface area contributed by atoms with Gasteiger partial charge in [0.25, 0.3) is 11.8 Å². The quantitative estimate of drug-likeness (QED) is 0.400. The Morgan fingerprint density at radius 2 is 1.03 bits per heavy atom. The van der Waals surface area contributed by atoms with Crippen molar-refractivity contribution < 1.29 is 19.1 Å². The first kappa shape index (κ1) is 25.2. The molecule has 2 rings (SSSR count). The summed E-state index contributed by atoms with van der Waals surface area (Å²) in [6, 6.07) is 18.8. The first-order valence-corrected chi connectivity index (χ1v) is 11.6. The van der Waals surface area contributed by atoms with Crippen LogP contribution in [-0.2, 0) is 9.59 Å². The van der Waals surface area contributed by atoms with Gasteiger partial charge in [0, 0.05) is 13.1 Å². The van der Waals surface area contributed by atoms with E-state index < -0.39 is 12.2 Å². The predicted octanol–water partition coefficient (Wildman–Crippen LogP) is 4.49. The molecule has 2 amide bonds. The fraction of sp³-hybridized carbons (Fsp3) is 0.462. The molecule has 0 bridgehead atoms. The number of para-hydroxylation sites is 2. The monoisotopic (exact) mass is 440 g/mol. The number of rotatable bonds is 15. The fourth-order valence-corrected chi connectivity index (χ4v) is 3.23. The molecule has 0 aliphatic carbocycles. The Hall–Kier alpha value is -3.02. The largest absolute Gasteiger partial charge is 0.481 e. The molecule has 0 heterocycles. The molecule has 6 nitrogen and oxygen atoms in total. The molecule has 2 N–H and O–H groups in total. The van der Waals surface area contributed by atoms with E-state index in [0.29, 0.717) is 37.4 Å². The van der Waals surface area contributed by atoms with E-state index in [1.165, 1.54) is 0 Å². The number of carbonyl (C=O) groups excluding carboxylic acids is 2. The zero-order valence-corrected chi connectivity index (χ0v) is 19.2. The normalized spacial score (nSPS) is 12.4. The highest BCUT2D eigenvalue weighted by Gasteiger charge is 2.18. The number of amides is 2. The van der Waals surface area contributed by atoms with Crippen molar-refractivity contribution in [3.8, 4) is 11.5 Å². The summed E-state index contributed by atoms with van der Waals surface area (Å²) >= 11 is 0. The maximum Gasteiger partial charge on any atom is 0.261 e. The number of hydrogen-bond acceptors (Lipinski definition) is 4. The van der Waals surface area contributed by atoms with Gasteiger partial charge in [-0.25, -0.2) is 0 Å². The molecule has 0 aromatic heterocycles. The number of ether oxygens (including phenoxy) is 2. The molecular formula is C26H36N2O4. The predicted molar refractivity (Wildman–Crippen MR) is 127 cm³/mol. The first-order valence-electron chi connectivity index (χ1n) is 11.6. The second-order valence-electron chi connectivity index (χ2n) is 7.65. The van der Waals surface area contributed by atoms with Gasteiger partial charge in [0.1, 0.15) is 11.5 Å². The van der Waals surface area contributed by atoms with Crippen molar-refractivity contribution in [2.45, 2.75) is 64.6 Å². The van der Waals surface area contributed by atoms with Gasteiger partial charge in [-0.3, -0.25) is 9.59 Å². The number of unbranched alkanes of at least 4 members (excludes halogenated alkanes) is 3. The van der Waals surface area contributed by atoms with Crippen LogP contribution in [0, 0.1) is 0 Å². The summed E-state index contributed by atoms with van der Waals surface area (Å²) in [5.41, 5.74) is 0. The topological polar surface area (TPSA) is 76.7 Å². The Balaban J connectivity index is 1.54. The van der Waals surface area contributed by atoms with Gasteiger partial charge in [0.2, 0.25) is 0 Å². The molecule has 0 aliphatic heterocycles.